The Morgan fingerprint density at radius 2 is 2.12 bits per heavy atom. The van der Waals surface area contributed by atoms with Gasteiger partial charge in [0, 0.05) is 36.8 Å². The van der Waals surface area contributed by atoms with E-state index < -0.39 is 0 Å². The molecule has 4 aromatic rings. The Hall–Kier alpha value is -3.32. The van der Waals surface area contributed by atoms with Crippen LogP contribution in [-0.2, 0) is 6.54 Å². The van der Waals surface area contributed by atoms with Crippen LogP contribution in [-0.4, -0.2) is 21.0 Å². The fourth-order valence-electron chi connectivity index (χ4n) is 2.45. The van der Waals surface area contributed by atoms with Crippen molar-refractivity contribution in [2.45, 2.75) is 6.54 Å². The van der Waals surface area contributed by atoms with E-state index in [4.69, 9.17) is 4.52 Å². The molecule has 1 N–H and O–H groups in total. The van der Waals surface area contributed by atoms with Gasteiger partial charge in [-0.3, -0.25) is 14.8 Å². The lowest BCUT2D eigenvalue weighted by Gasteiger charge is -2.05. The second-order valence-electron chi connectivity index (χ2n) is 5.53. The number of nitrogens with zero attached hydrogens (tertiary/aromatic N) is 3. The minimum Gasteiger partial charge on any atom is -0.355 e. The summed E-state index contributed by atoms with van der Waals surface area (Å²) in [5.41, 5.74) is 2.94. The molecule has 4 heterocycles. The van der Waals surface area contributed by atoms with Gasteiger partial charge in [0.1, 0.15) is 0 Å². The van der Waals surface area contributed by atoms with Crippen LogP contribution in [0.1, 0.15) is 16.1 Å². The smallest absolute Gasteiger partial charge is 0.273 e. The number of aromatic nitrogens is 3. The van der Waals surface area contributed by atoms with Gasteiger partial charge >= 0.3 is 0 Å². The highest BCUT2D eigenvalue weighted by atomic mass is 32.1. The molecule has 0 saturated carbocycles. The molecular formula is C19H14N4O2S. The van der Waals surface area contributed by atoms with Gasteiger partial charge in [-0.05, 0) is 41.3 Å². The van der Waals surface area contributed by atoms with Gasteiger partial charge in [-0.2, -0.15) is 0 Å². The molecule has 0 aliphatic carbocycles. The lowest BCUT2D eigenvalue weighted by Crippen LogP contribution is -2.23. The lowest BCUT2D eigenvalue weighted by molar-refractivity contribution is 0.0942. The second-order valence-corrected chi connectivity index (χ2v) is 6.48. The van der Waals surface area contributed by atoms with Gasteiger partial charge in [0.2, 0.25) is 0 Å². The molecule has 4 rings (SSSR count). The summed E-state index contributed by atoms with van der Waals surface area (Å²) in [7, 11) is 0. The van der Waals surface area contributed by atoms with Gasteiger partial charge in [-0.15, -0.1) is 11.3 Å². The van der Waals surface area contributed by atoms with Gasteiger partial charge in [0.05, 0.1) is 10.6 Å². The van der Waals surface area contributed by atoms with E-state index in [0.717, 1.165) is 21.7 Å². The van der Waals surface area contributed by atoms with E-state index in [0.29, 0.717) is 12.3 Å². The van der Waals surface area contributed by atoms with Crippen molar-refractivity contribution in [2.75, 3.05) is 0 Å². The Kier molecular flexibility index (Phi) is 4.53. The van der Waals surface area contributed by atoms with E-state index in [1.54, 1.807) is 24.7 Å². The zero-order valence-electron chi connectivity index (χ0n) is 13.6. The van der Waals surface area contributed by atoms with Crippen LogP contribution in [0.4, 0.5) is 0 Å². The molecule has 0 bridgehead atoms. The summed E-state index contributed by atoms with van der Waals surface area (Å²) in [5.74, 6) is 0.309. The SMILES string of the molecule is O=C(NCc1ccnc(-c2cccnc2)c1)c1cc(-c2cccs2)on1. The highest BCUT2D eigenvalue weighted by molar-refractivity contribution is 7.13. The first-order valence-corrected chi connectivity index (χ1v) is 8.82. The Balaban J connectivity index is 1.43. The number of amides is 1. The molecule has 26 heavy (non-hydrogen) atoms. The van der Waals surface area contributed by atoms with Crippen molar-refractivity contribution in [3.8, 4) is 21.9 Å². The quantitative estimate of drug-likeness (QED) is 0.584. The fraction of sp³-hybridized carbons (Fsp3) is 0.0526. The van der Waals surface area contributed by atoms with Crippen molar-refractivity contribution in [2.24, 2.45) is 0 Å². The minimum atomic E-state index is -0.281. The van der Waals surface area contributed by atoms with E-state index in [1.165, 1.54) is 11.3 Å². The van der Waals surface area contributed by atoms with E-state index in [1.807, 2.05) is 41.8 Å². The molecule has 1 amide bonds. The Morgan fingerprint density at radius 3 is 2.92 bits per heavy atom. The molecule has 0 unspecified atom stereocenters. The third kappa shape index (κ3) is 3.52. The van der Waals surface area contributed by atoms with Crippen molar-refractivity contribution in [3.05, 3.63) is 77.7 Å². The maximum Gasteiger partial charge on any atom is 0.273 e. The van der Waals surface area contributed by atoms with Crippen LogP contribution >= 0.6 is 11.3 Å². The predicted molar refractivity (Wildman–Crippen MR) is 98.5 cm³/mol. The van der Waals surface area contributed by atoms with Crippen LogP contribution in [0.15, 0.2) is 71.0 Å². The highest BCUT2D eigenvalue weighted by Crippen LogP contribution is 2.25. The van der Waals surface area contributed by atoms with Crippen LogP contribution in [0.5, 0.6) is 0 Å². The minimum absolute atomic E-state index is 0.259. The van der Waals surface area contributed by atoms with Gasteiger partial charge in [0.25, 0.3) is 5.91 Å². The molecular weight excluding hydrogens is 348 g/mol. The molecule has 0 radical (unpaired) electrons. The van der Waals surface area contributed by atoms with Gasteiger partial charge in [-0.1, -0.05) is 11.2 Å². The van der Waals surface area contributed by atoms with Gasteiger partial charge in [0.15, 0.2) is 11.5 Å². The molecule has 0 fully saturated rings. The topological polar surface area (TPSA) is 80.9 Å². The number of carbonyl (C=O) groups excluding carboxylic acids is 1. The van der Waals surface area contributed by atoms with E-state index in [9.17, 15) is 4.79 Å². The standard InChI is InChI=1S/C19H14N4O2S/c24-19(16-10-17(25-23-16)18-4-2-8-26-18)22-11-13-5-7-21-15(9-13)14-3-1-6-20-12-14/h1-10,12H,11H2,(H,22,24). The number of carbonyl (C=O) groups is 1. The average Bonchev–Trinajstić information content (AvgIpc) is 3.38. The summed E-state index contributed by atoms with van der Waals surface area (Å²) in [6, 6.07) is 13.1. The van der Waals surface area contributed by atoms with Crippen molar-refractivity contribution < 1.29 is 9.32 Å². The van der Waals surface area contributed by atoms with E-state index >= 15 is 0 Å². The molecule has 0 spiro atoms. The molecule has 6 nitrogen and oxygen atoms in total. The summed E-state index contributed by atoms with van der Waals surface area (Å²) >= 11 is 1.53. The molecule has 0 aliphatic rings. The molecule has 0 aliphatic heterocycles. The van der Waals surface area contributed by atoms with Crippen molar-refractivity contribution in [3.63, 3.8) is 0 Å². The van der Waals surface area contributed by atoms with Crippen LogP contribution in [0.2, 0.25) is 0 Å². The fourth-order valence-corrected chi connectivity index (χ4v) is 3.12. The van der Waals surface area contributed by atoms with E-state index in [2.05, 4.69) is 20.4 Å². The summed E-state index contributed by atoms with van der Waals surface area (Å²) < 4.78 is 5.24. The zero-order chi connectivity index (χ0) is 17.8. The summed E-state index contributed by atoms with van der Waals surface area (Å²) in [5, 5.41) is 8.64. The average molecular weight is 362 g/mol. The van der Waals surface area contributed by atoms with Crippen LogP contribution < -0.4 is 5.32 Å². The summed E-state index contributed by atoms with van der Waals surface area (Å²) in [6.07, 6.45) is 5.19. The summed E-state index contributed by atoms with van der Waals surface area (Å²) in [4.78, 5) is 21.7. The maximum atomic E-state index is 12.3. The van der Waals surface area contributed by atoms with Crippen molar-refractivity contribution in [1.82, 2.24) is 20.4 Å². The molecule has 0 atom stereocenters. The molecule has 4 aromatic heterocycles. The number of hydrogen-bond donors (Lipinski definition) is 1. The largest absolute Gasteiger partial charge is 0.355 e. The Bertz CT molecular complexity index is 1010. The molecule has 0 aromatic carbocycles. The van der Waals surface area contributed by atoms with Gasteiger partial charge in [-0.25, -0.2) is 0 Å². The van der Waals surface area contributed by atoms with Crippen molar-refractivity contribution >= 4 is 17.2 Å². The predicted octanol–water partition coefficient (Wildman–Crippen LogP) is 3.79. The van der Waals surface area contributed by atoms with Gasteiger partial charge < -0.3 is 9.84 Å². The molecule has 0 saturated heterocycles. The van der Waals surface area contributed by atoms with Crippen LogP contribution in [0, 0.1) is 0 Å². The normalized spacial score (nSPS) is 10.6. The number of pyridine rings is 2. The maximum absolute atomic E-state index is 12.3. The summed E-state index contributed by atoms with van der Waals surface area (Å²) in [6.45, 7) is 0.371. The number of nitrogens with one attached hydrogen (secondary N) is 1. The molecule has 7 heteroatoms. The first kappa shape index (κ1) is 16.2. The Morgan fingerprint density at radius 1 is 1.15 bits per heavy atom. The van der Waals surface area contributed by atoms with Crippen LogP contribution in [0.3, 0.4) is 0 Å². The first-order valence-electron chi connectivity index (χ1n) is 7.94. The van der Waals surface area contributed by atoms with Crippen molar-refractivity contribution in [1.29, 1.82) is 0 Å². The molecule has 128 valence electrons. The first-order chi connectivity index (χ1) is 12.8. The third-order valence-electron chi connectivity index (χ3n) is 3.74. The Labute approximate surface area is 153 Å². The van der Waals surface area contributed by atoms with E-state index in [-0.39, 0.29) is 11.6 Å². The zero-order valence-corrected chi connectivity index (χ0v) is 14.4. The third-order valence-corrected chi connectivity index (χ3v) is 4.63. The van der Waals surface area contributed by atoms with Crippen LogP contribution in [0.25, 0.3) is 21.9 Å². The number of hydrogen-bond acceptors (Lipinski definition) is 6. The lowest BCUT2D eigenvalue weighted by atomic mass is 10.1. The second kappa shape index (κ2) is 7.28. The number of thiophene rings is 1. The number of rotatable bonds is 5. The highest BCUT2D eigenvalue weighted by Gasteiger charge is 2.14. The monoisotopic (exact) mass is 362 g/mol.